The van der Waals surface area contributed by atoms with Crippen molar-refractivity contribution in [1.29, 1.82) is 0 Å². The third-order valence-electron chi connectivity index (χ3n) is 7.56. The summed E-state index contributed by atoms with van der Waals surface area (Å²) < 4.78 is 4.01. The van der Waals surface area contributed by atoms with Gasteiger partial charge >= 0.3 is 0 Å². The van der Waals surface area contributed by atoms with Gasteiger partial charge in [0.25, 0.3) is 0 Å². The van der Waals surface area contributed by atoms with Crippen molar-refractivity contribution in [2.45, 2.75) is 51.0 Å². The zero-order valence-corrected chi connectivity index (χ0v) is 22.4. The Morgan fingerprint density at radius 3 is 2.54 bits per heavy atom. The molecule has 4 aromatic rings. The first kappa shape index (κ1) is 24.9. The minimum absolute atomic E-state index is 0.320. The summed E-state index contributed by atoms with van der Waals surface area (Å²) >= 11 is 0. The SMILES string of the molecule is Cc1nnc2n1-c1ccc(-c3cnn(C)c3)cc1C(c1ccc(NCCCCCCN=[N+]=[N-])cc1)=NC21CC1. The van der Waals surface area contributed by atoms with E-state index >= 15 is 0 Å². The van der Waals surface area contributed by atoms with Crippen LogP contribution in [0.25, 0.3) is 27.3 Å². The molecule has 2 aromatic carbocycles. The highest BCUT2D eigenvalue weighted by Crippen LogP contribution is 2.51. The Morgan fingerprint density at radius 2 is 1.79 bits per heavy atom. The van der Waals surface area contributed by atoms with Gasteiger partial charge in [0.05, 0.1) is 17.6 Å². The van der Waals surface area contributed by atoms with E-state index in [0.29, 0.717) is 6.54 Å². The fraction of sp³-hybridized carbons (Fsp3) is 0.379. The molecule has 1 spiro atoms. The first-order valence-corrected chi connectivity index (χ1v) is 13.6. The fourth-order valence-corrected chi connectivity index (χ4v) is 5.31. The number of aryl methyl sites for hydroxylation is 2. The number of anilines is 1. The maximum Gasteiger partial charge on any atom is 0.165 e. The summed E-state index contributed by atoms with van der Waals surface area (Å²) in [6.07, 6.45) is 10.1. The molecule has 198 valence electrons. The molecule has 0 radical (unpaired) electrons. The largest absolute Gasteiger partial charge is 0.385 e. The second-order valence-corrected chi connectivity index (χ2v) is 10.4. The molecule has 0 atom stereocenters. The molecule has 2 aliphatic rings. The van der Waals surface area contributed by atoms with Crippen LogP contribution in [0, 0.1) is 6.92 Å². The lowest BCUT2D eigenvalue weighted by atomic mass is 9.96. The quantitative estimate of drug-likeness (QED) is 0.117. The lowest BCUT2D eigenvalue weighted by Crippen LogP contribution is -2.11. The maximum absolute atomic E-state index is 8.36. The predicted molar refractivity (Wildman–Crippen MR) is 152 cm³/mol. The van der Waals surface area contributed by atoms with E-state index in [1.165, 1.54) is 0 Å². The van der Waals surface area contributed by atoms with Crippen LogP contribution >= 0.6 is 0 Å². The van der Waals surface area contributed by atoms with Crippen molar-refractivity contribution < 1.29 is 0 Å². The number of aliphatic imine (C=N–C) groups is 1. The van der Waals surface area contributed by atoms with Crippen molar-refractivity contribution in [3.05, 3.63) is 88.1 Å². The Kier molecular flexibility index (Phi) is 6.62. The van der Waals surface area contributed by atoms with Gasteiger partial charge in [-0.15, -0.1) is 10.2 Å². The van der Waals surface area contributed by atoms with Gasteiger partial charge in [0, 0.05) is 53.6 Å². The minimum Gasteiger partial charge on any atom is -0.385 e. The molecule has 0 bridgehead atoms. The monoisotopic (exact) mass is 520 g/mol. The summed E-state index contributed by atoms with van der Waals surface area (Å²) in [4.78, 5) is 8.20. The van der Waals surface area contributed by atoms with Crippen LogP contribution in [-0.4, -0.2) is 43.3 Å². The van der Waals surface area contributed by atoms with Gasteiger partial charge in [-0.2, -0.15) is 5.10 Å². The smallest absolute Gasteiger partial charge is 0.165 e. The highest BCUT2D eigenvalue weighted by atomic mass is 15.3. The van der Waals surface area contributed by atoms with Crippen LogP contribution < -0.4 is 5.32 Å². The molecular weight excluding hydrogens is 488 g/mol. The first-order valence-electron chi connectivity index (χ1n) is 13.6. The normalized spacial score (nSPS) is 14.7. The molecule has 1 aliphatic heterocycles. The number of nitrogens with zero attached hydrogens (tertiary/aromatic N) is 9. The predicted octanol–water partition coefficient (Wildman–Crippen LogP) is 6.10. The molecule has 1 N–H and O–H groups in total. The molecule has 39 heavy (non-hydrogen) atoms. The molecule has 10 heteroatoms. The highest BCUT2D eigenvalue weighted by molar-refractivity contribution is 6.16. The van der Waals surface area contributed by atoms with Gasteiger partial charge < -0.3 is 5.32 Å². The van der Waals surface area contributed by atoms with Gasteiger partial charge in [-0.1, -0.05) is 36.2 Å². The van der Waals surface area contributed by atoms with E-state index in [4.69, 9.17) is 10.5 Å². The van der Waals surface area contributed by atoms with E-state index in [9.17, 15) is 0 Å². The topological polar surface area (TPSA) is 122 Å². The average Bonchev–Trinajstić information content (AvgIpc) is 3.47. The standard InChI is InChI=1S/C29H32N10/c1-20-35-36-28-29(13-14-29)34-27(21-7-10-24(11-8-21)31-15-5-3-4-6-16-32-37-30)25-17-22(9-12-26(25)39(20)28)23-18-33-38(2)19-23/h7-12,17-19,31H,3-6,13-16H2,1-2H3. The zero-order valence-electron chi connectivity index (χ0n) is 22.4. The summed E-state index contributed by atoms with van der Waals surface area (Å²) in [5.74, 6) is 1.81. The van der Waals surface area contributed by atoms with Crippen molar-refractivity contribution >= 4 is 11.4 Å². The van der Waals surface area contributed by atoms with Crippen LogP contribution in [0.2, 0.25) is 0 Å². The van der Waals surface area contributed by atoms with Crippen LogP contribution in [0.3, 0.4) is 0 Å². The van der Waals surface area contributed by atoms with Crippen molar-refractivity contribution in [3.8, 4) is 16.8 Å². The number of hydrogen-bond donors (Lipinski definition) is 1. The van der Waals surface area contributed by atoms with Crippen molar-refractivity contribution in [2.75, 3.05) is 18.4 Å². The number of benzene rings is 2. The van der Waals surface area contributed by atoms with E-state index < -0.39 is 0 Å². The molecule has 1 aliphatic carbocycles. The van der Waals surface area contributed by atoms with Gasteiger partial charge in [-0.05, 0) is 68.0 Å². The van der Waals surface area contributed by atoms with Crippen molar-refractivity contribution in [1.82, 2.24) is 24.5 Å². The molecule has 2 aromatic heterocycles. The molecule has 0 amide bonds. The van der Waals surface area contributed by atoms with Crippen molar-refractivity contribution in [2.24, 2.45) is 17.2 Å². The maximum atomic E-state index is 8.36. The van der Waals surface area contributed by atoms with Crippen LogP contribution in [0.4, 0.5) is 5.69 Å². The second kappa shape index (κ2) is 10.4. The summed E-state index contributed by atoms with van der Waals surface area (Å²) in [7, 11) is 1.94. The summed E-state index contributed by atoms with van der Waals surface area (Å²) in [6, 6.07) is 15.1. The Hall–Kier alpha value is -4.43. The van der Waals surface area contributed by atoms with Gasteiger partial charge in [-0.3, -0.25) is 14.2 Å². The van der Waals surface area contributed by atoms with E-state index in [2.05, 4.69) is 77.7 Å². The highest BCUT2D eigenvalue weighted by Gasteiger charge is 2.51. The minimum atomic E-state index is -0.320. The number of fused-ring (bicyclic) bond motifs is 4. The molecule has 0 saturated heterocycles. The second-order valence-electron chi connectivity index (χ2n) is 10.4. The molecule has 1 saturated carbocycles. The Morgan fingerprint density at radius 1 is 1.00 bits per heavy atom. The van der Waals surface area contributed by atoms with Gasteiger partial charge in [0.2, 0.25) is 0 Å². The molecule has 0 unspecified atom stereocenters. The summed E-state index contributed by atoms with van der Waals surface area (Å²) in [5, 5.41) is 20.5. The summed E-state index contributed by atoms with van der Waals surface area (Å²) in [5.41, 5.74) is 15.5. The van der Waals surface area contributed by atoms with E-state index in [0.717, 1.165) is 96.1 Å². The Labute approximate surface area is 227 Å². The van der Waals surface area contributed by atoms with Crippen LogP contribution in [-0.2, 0) is 12.6 Å². The number of unbranched alkanes of at least 4 members (excludes halogenated alkanes) is 3. The van der Waals surface area contributed by atoms with Crippen molar-refractivity contribution in [3.63, 3.8) is 0 Å². The van der Waals surface area contributed by atoms with Crippen LogP contribution in [0.1, 0.15) is 61.3 Å². The zero-order chi connectivity index (χ0) is 26.8. The lowest BCUT2D eigenvalue weighted by Gasteiger charge is -2.14. The van der Waals surface area contributed by atoms with Crippen LogP contribution in [0.15, 0.2) is 65.0 Å². The van der Waals surface area contributed by atoms with Crippen LogP contribution in [0.5, 0.6) is 0 Å². The number of azide groups is 1. The fourth-order valence-electron chi connectivity index (χ4n) is 5.31. The lowest BCUT2D eigenvalue weighted by molar-refractivity contribution is 0.659. The van der Waals surface area contributed by atoms with Gasteiger partial charge in [0.15, 0.2) is 5.82 Å². The molecule has 10 nitrogen and oxygen atoms in total. The van der Waals surface area contributed by atoms with Gasteiger partial charge in [-0.25, -0.2) is 0 Å². The molecule has 6 rings (SSSR count). The molecule has 3 heterocycles. The number of nitrogens with one attached hydrogen (secondary N) is 1. The third kappa shape index (κ3) is 4.91. The number of rotatable bonds is 10. The average molecular weight is 521 g/mol. The number of aromatic nitrogens is 5. The Bertz CT molecular complexity index is 1570. The summed E-state index contributed by atoms with van der Waals surface area (Å²) in [6.45, 7) is 3.51. The van der Waals surface area contributed by atoms with Gasteiger partial charge in [0.1, 0.15) is 11.4 Å². The number of hydrogen-bond acceptors (Lipinski definition) is 6. The Balaban J connectivity index is 1.28. The van der Waals surface area contributed by atoms with E-state index in [1.807, 2.05) is 31.0 Å². The van der Waals surface area contributed by atoms with E-state index in [1.54, 1.807) is 0 Å². The van der Waals surface area contributed by atoms with E-state index in [-0.39, 0.29) is 5.54 Å². The third-order valence-corrected chi connectivity index (χ3v) is 7.56. The first-order chi connectivity index (χ1) is 19.1. The molecule has 1 fully saturated rings. The molecular formula is C29H32N10.